The standard InChI is InChI=1S/C25H28F3N5O.ClH/c1-24(2,3)16-7-9-17(10-8-16)30-22-18-11-13-33(14-20(18)31-21(32-22)15-34-4)23-19(25(26,27)28)6-5-12-29-23;/h5-10,12H,11,13-15H2,1-4H3,(H,30,31,32);1H. The zero-order valence-electron chi connectivity index (χ0n) is 20.1. The van der Waals surface area contributed by atoms with Crippen molar-refractivity contribution in [2.24, 2.45) is 0 Å². The highest BCUT2D eigenvalue weighted by Gasteiger charge is 2.36. The number of benzene rings is 1. The van der Waals surface area contributed by atoms with Crippen LogP contribution in [0.25, 0.3) is 0 Å². The van der Waals surface area contributed by atoms with Gasteiger partial charge in [0.05, 0.1) is 17.8 Å². The number of pyridine rings is 1. The van der Waals surface area contributed by atoms with E-state index in [1.54, 1.807) is 12.0 Å². The number of methoxy groups -OCH3 is 1. The van der Waals surface area contributed by atoms with Gasteiger partial charge in [-0.3, -0.25) is 0 Å². The second kappa shape index (κ2) is 10.4. The van der Waals surface area contributed by atoms with Gasteiger partial charge in [-0.2, -0.15) is 13.2 Å². The molecule has 0 amide bonds. The van der Waals surface area contributed by atoms with Crippen molar-refractivity contribution in [2.75, 3.05) is 23.9 Å². The summed E-state index contributed by atoms with van der Waals surface area (Å²) in [6.07, 6.45) is -2.62. The number of halogens is 4. The van der Waals surface area contributed by atoms with Gasteiger partial charge >= 0.3 is 6.18 Å². The largest absolute Gasteiger partial charge is 0.419 e. The average molecular weight is 508 g/mol. The lowest BCUT2D eigenvalue weighted by Gasteiger charge is -2.31. The number of alkyl halides is 3. The van der Waals surface area contributed by atoms with Crippen molar-refractivity contribution in [3.05, 3.63) is 70.8 Å². The predicted molar refractivity (Wildman–Crippen MR) is 132 cm³/mol. The fourth-order valence-electron chi connectivity index (χ4n) is 4.02. The van der Waals surface area contributed by atoms with Crippen molar-refractivity contribution in [2.45, 2.75) is 51.9 Å². The minimum absolute atomic E-state index is 0. The smallest absolute Gasteiger partial charge is 0.377 e. The molecule has 0 atom stereocenters. The van der Waals surface area contributed by atoms with E-state index >= 15 is 0 Å². The van der Waals surface area contributed by atoms with Crippen molar-refractivity contribution < 1.29 is 17.9 Å². The summed E-state index contributed by atoms with van der Waals surface area (Å²) in [5, 5.41) is 3.38. The van der Waals surface area contributed by atoms with Crippen molar-refractivity contribution in [1.82, 2.24) is 15.0 Å². The van der Waals surface area contributed by atoms with Crippen LogP contribution >= 0.6 is 12.4 Å². The van der Waals surface area contributed by atoms with Crippen LogP contribution in [-0.4, -0.2) is 28.6 Å². The maximum absolute atomic E-state index is 13.6. The van der Waals surface area contributed by atoms with Gasteiger partial charge < -0.3 is 15.0 Å². The molecular formula is C25H29ClF3N5O. The number of hydrogen-bond acceptors (Lipinski definition) is 6. The van der Waals surface area contributed by atoms with E-state index < -0.39 is 11.7 Å². The van der Waals surface area contributed by atoms with Crippen LogP contribution in [0.15, 0.2) is 42.6 Å². The van der Waals surface area contributed by atoms with Gasteiger partial charge in [0.2, 0.25) is 0 Å². The summed E-state index contributed by atoms with van der Waals surface area (Å²) in [5.41, 5.74) is 2.95. The van der Waals surface area contributed by atoms with Crippen LogP contribution in [0, 0.1) is 0 Å². The Labute approximate surface area is 209 Å². The normalized spacial score (nSPS) is 13.7. The number of anilines is 3. The quantitative estimate of drug-likeness (QED) is 0.452. The minimum Gasteiger partial charge on any atom is -0.377 e. The summed E-state index contributed by atoms with van der Waals surface area (Å²) in [4.78, 5) is 14.9. The van der Waals surface area contributed by atoms with E-state index in [9.17, 15) is 13.2 Å². The van der Waals surface area contributed by atoms with E-state index in [2.05, 4.69) is 53.2 Å². The van der Waals surface area contributed by atoms with Crippen LogP contribution in [0.4, 0.5) is 30.5 Å². The molecule has 6 nitrogen and oxygen atoms in total. The third-order valence-corrected chi connectivity index (χ3v) is 5.79. The molecule has 35 heavy (non-hydrogen) atoms. The Bertz CT molecular complexity index is 1160. The lowest BCUT2D eigenvalue weighted by Crippen LogP contribution is -2.34. The number of fused-ring (bicyclic) bond motifs is 1. The van der Waals surface area contributed by atoms with Gasteiger partial charge in [0, 0.05) is 31.1 Å². The number of ether oxygens (including phenoxy) is 1. The zero-order valence-corrected chi connectivity index (χ0v) is 20.9. The Morgan fingerprint density at radius 1 is 1.06 bits per heavy atom. The van der Waals surface area contributed by atoms with Gasteiger partial charge in [-0.25, -0.2) is 15.0 Å². The molecule has 3 heterocycles. The predicted octanol–water partition coefficient (Wildman–Crippen LogP) is 6.06. The Kier molecular flexibility index (Phi) is 7.91. The minimum atomic E-state index is -4.48. The Morgan fingerprint density at radius 3 is 2.40 bits per heavy atom. The number of rotatable bonds is 5. The molecule has 10 heteroatoms. The van der Waals surface area contributed by atoms with Gasteiger partial charge in [-0.1, -0.05) is 32.9 Å². The molecule has 0 radical (unpaired) electrons. The summed E-state index contributed by atoms with van der Waals surface area (Å²) >= 11 is 0. The zero-order chi connectivity index (χ0) is 24.5. The fourth-order valence-corrected chi connectivity index (χ4v) is 4.02. The first-order chi connectivity index (χ1) is 16.1. The summed E-state index contributed by atoms with van der Waals surface area (Å²) < 4.78 is 45.9. The van der Waals surface area contributed by atoms with Crippen LogP contribution in [0.5, 0.6) is 0 Å². The van der Waals surface area contributed by atoms with Crippen molar-refractivity contribution in [3.8, 4) is 0 Å². The van der Waals surface area contributed by atoms with Crippen molar-refractivity contribution in [3.63, 3.8) is 0 Å². The summed E-state index contributed by atoms with van der Waals surface area (Å²) in [7, 11) is 1.55. The van der Waals surface area contributed by atoms with Gasteiger partial charge in [-0.15, -0.1) is 12.4 Å². The number of aromatic nitrogens is 3. The third-order valence-electron chi connectivity index (χ3n) is 5.79. The molecule has 188 valence electrons. The van der Waals surface area contributed by atoms with Crippen molar-refractivity contribution in [1.29, 1.82) is 0 Å². The first-order valence-electron chi connectivity index (χ1n) is 11.1. The third kappa shape index (κ3) is 6.02. The lowest BCUT2D eigenvalue weighted by atomic mass is 9.87. The number of nitrogens with one attached hydrogen (secondary N) is 1. The van der Waals surface area contributed by atoms with Crippen LogP contribution in [0.2, 0.25) is 0 Å². The highest BCUT2D eigenvalue weighted by Crippen LogP contribution is 2.37. The first kappa shape index (κ1) is 26.7. The van der Waals surface area contributed by atoms with Crippen LogP contribution in [0.3, 0.4) is 0 Å². The van der Waals surface area contributed by atoms with Gasteiger partial charge in [-0.05, 0) is 41.7 Å². The molecule has 0 saturated heterocycles. The van der Waals surface area contributed by atoms with E-state index in [-0.39, 0.29) is 36.8 Å². The lowest BCUT2D eigenvalue weighted by molar-refractivity contribution is -0.137. The molecule has 3 aromatic rings. The summed E-state index contributed by atoms with van der Waals surface area (Å²) in [6.45, 7) is 7.24. The molecule has 0 spiro atoms. The first-order valence-corrected chi connectivity index (χ1v) is 11.1. The molecule has 0 unspecified atom stereocenters. The summed E-state index contributed by atoms with van der Waals surface area (Å²) in [6, 6.07) is 10.5. The molecule has 1 aromatic carbocycles. The molecule has 2 aromatic heterocycles. The van der Waals surface area contributed by atoms with Gasteiger partial charge in [0.15, 0.2) is 5.82 Å². The molecule has 1 aliphatic rings. The van der Waals surface area contributed by atoms with E-state index in [4.69, 9.17) is 4.74 Å². The number of hydrogen-bond donors (Lipinski definition) is 1. The van der Waals surface area contributed by atoms with Gasteiger partial charge in [0.1, 0.15) is 18.2 Å². The molecule has 0 fully saturated rings. The molecule has 0 saturated carbocycles. The maximum atomic E-state index is 13.6. The fraction of sp³-hybridized carbons (Fsp3) is 0.400. The Morgan fingerprint density at radius 2 is 1.77 bits per heavy atom. The maximum Gasteiger partial charge on any atom is 0.419 e. The molecule has 1 N–H and O–H groups in total. The molecule has 1 aliphatic heterocycles. The molecular weight excluding hydrogens is 479 g/mol. The molecule has 0 bridgehead atoms. The van der Waals surface area contributed by atoms with E-state index in [0.29, 0.717) is 30.3 Å². The Hall–Kier alpha value is -2.91. The van der Waals surface area contributed by atoms with E-state index in [1.807, 2.05) is 12.1 Å². The van der Waals surface area contributed by atoms with Gasteiger partial charge in [0.25, 0.3) is 0 Å². The molecule has 4 rings (SSSR count). The highest BCUT2D eigenvalue weighted by molar-refractivity contribution is 5.85. The summed E-state index contributed by atoms with van der Waals surface area (Å²) in [5.74, 6) is 1.03. The Balaban J connectivity index is 0.00000342. The monoisotopic (exact) mass is 507 g/mol. The van der Waals surface area contributed by atoms with Crippen LogP contribution in [0.1, 0.15) is 49.0 Å². The van der Waals surface area contributed by atoms with Crippen LogP contribution < -0.4 is 10.2 Å². The molecule has 0 aliphatic carbocycles. The average Bonchev–Trinajstić information content (AvgIpc) is 2.78. The van der Waals surface area contributed by atoms with Crippen molar-refractivity contribution >= 4 is 29.7 Å². The van der Waals surface area contributed by atoms with E-state index in [0.717, 1.165) is 17.3 Å². The second-order valence-corrected chi connectivity index (χ2v) is 9.34. The SMILES string of the molecule is COCc1nc2c(c(Nc3ccc(C(C)(C)C)cc3)n1)CCN(c1ncccc1C(F)(F)F)C2.Cl. The van der Waals surface area contributed by atoms with Crippen LogP contribution in [-0.2, 0) is 35.9 Å². The highest BCUT2D eigenvalue weighted by atomic mass is 35.5. The number of nitrogens with zero attached hydrogens (tertiary/aromatic N) is 4. The van der Waals surface area contributed by atoms with E-state index in [1.165, 1.54) is 17.8 Å². The topological polar surface area (TPSA) is 63.2 Å². The second-order valence-electron chi connectivity index (χ2n) is 9.34.